The number of anilines is 2. The molecule has 0 aliphatic carbocycles. The standard InChI is InChI=1S/C14H27N5O/c1-6-9-19-13(12(15)10(4)17-19)16-11(5)14(20)18(7-2)8-3/h11,16H,6-9,15H2,1-5H3. The lowest BCUT2D eigenvalue weighted by Crippen LogP contribution is -2.41. The average Bonchev–Trinajstić information content (AvgIpc) is 2.68. The van der Waals surface area contributed by atoms with Gasteiger partial charge in [0.15, 0.2) is 0 Å². The van der Waals surface area contributed by atoms with Gasteiger partial charge in [0.2, 0.25) is 5.91 Å². The molecule has 1 amide bonds. The number of nitrogens with two attached hydrogens (primary N) is 1. The minimum absolute atomic E-state index is 0.0799. The van der Waals surface area contributed by atoms with Crippen molar-refractivity contribution < 1.29 is 4.79 Å². The molecule has 20 heavy (non-hydrogen) atoms. The van der Waals surface area contributed by atoms with Crippen LogP contribution in [0, 0.1) is 6.92 Å². The van der Waals surface area contributed by atoms with Crippen LogP contribution in [-0.4, -0.2) is 39.7 Å². The van der Waals surface area contributed by atoms with E-state index in [1.54, 1.807) is 4.90 Å². The van der Waals surface area contributed by atoms with Crippen LogP contribution < -0.4 is 11.1 Å². The van der Waals surface area contributed by atoms with Crippen molar-refractivity contribution in [2.45, 2.75) is 53.6 Å². The number of carbonyl (C=O) groups is 1. The molecule has 1 rings (SSSR count). The molecule has 0 aliphatic rings. The number of nitrogens with zero attached hydrogens (tertiary/aromatic N) is 3. The van der Waals surface area contributed by atoms with E-state index in [0.29, 0.717) is 18.8 Å². The Kier molecular flexibility index (Phi) is 5.85. The van der Waals surface area contributed by atoms with E-state index in [-0.39, 0.29) is 11.9 Å². The second-order valence-corrected chi connectivity index (χ2v) is 4.95. The Morgan fingerprint density at radius 3 is 2.50 bits per heavy atom. The summed E-state index contributed by atoms with van der Waals surface area (Å²) in [4.78, 5) is 14.1. The number of nitrogens with one attached hydrogen (secondary N) is 1. The minimum Gasteiger partial charge on any atom is -0.394 e. The Labute approximate surface area is 121 Å². The van der Waals surface area contributed by atoms with E-state index in [1.165, 1.54) is 0 Å². The quantitative estimate of drug-likeness (QED) is 0.799. The van der Waals surface area contributed by atoms with Gasteiger partial charge in [0.25, 0.3) is 0 Å². The topological polar surface area (TPSA) is 76.2 Å². The van der Waals surface area contributed by atoms with Crippen LogP contribution in [0.1, 0.15) is 39.8 Å². The average molecular weight is 281 g/mol. The molecule has 6 heteroatoms. The van der Waals surface area contributed by atoms with Crippen molar-refractivity contribution in [3.8, 4) is 0 Å². The van der Waals surface area contributed by atoms with E-state index in [4.69, 9.17) is 5.73 Å². The maximum absolute atomic E-state index is 12.3. The van der Waals surface area contributed by atoms with Gasteiger partial charge >= 0.3 is 0 Å². The maximum Gasteiger partial charge on any atom is 0.244 e. The molecule has 1 aromatic heterocycles. The molecule has 0 fully saturated rings. The number of nitrogen functional groups attached to an aromatic ring is 1. The Morgan fingerprint density at radius 2 is 2.00 bits per heavy atom. The van der Waals surface area contributed by atoms with Crippen molar-refractivity contribution >= 4 is 17.4 Å². The van der Waals surface area contributed by atoms with E-state index in [1.807, 2.05) is 32.4 Å². The first kappa shape index (κ1) is 16.3. The first-order valence-corrected chi connectivity index (χ1v) is 7.34. The lowest BCUT2D eigenvalue weighted by Gasteiger charge is -2.24. The molecular weight excluding hydrogens is 254 g/mol. The van der Waals surface area contributed by atoms with Gasteiger partial charge in [-0.2, -0.15) is 5.10 Å². The highest BCUT2D eigenvalue weighted by Crippen LogP contribution is 2.23. The highest BCUT2D eigenvalue weighted by atomic mass is 16.2. The van der Waals surface area contributed by atoms with E-state index >= 15 is 0 Å². The number of hydrogen-bond acceptors (Lipinski definition) is 4. The fourth-order valence-corrected chi connectivity index (χ4v) is 2.20. The number of amides is 1. The fourth-order valence-electron chi connectivity index (χ4n) is 2.20. The molecule has 0 spiro atoms. The summed E-state index contributed by atoms with van der Waals surface area (Å²) in [7, 11) is 0. The van der Waals surface area contributed by atoms with Gasteiger partial charge < -0.3 is 16.0 Å². The molecule has 1 unspecified atom stereocenters. The Morgan fingerprint density at radius 1 is 1.40 bits per heavy atom. The molecule has 0 aliphatic heterocycles. The molecule has 1 atom stereocenters. The predicted octanol–water partition coefficient (Wildman–Crippen LogP) is 1.85. The molecular formula is C14H27N5O. The zero-order valence-corrected chi connectivity index (χ0v) is 13.2. The van der Waals surface area contributed by atoms with Crippen LogP contribution >= 0.6 is 0 Å². The van der Waals surface area contributed by atoms with Gasteiger partial charge in [-0.25, -0.2) is 4.68 Å². The van der Waals surface area contributed by atoms with Gasteiger partial charge in [-0.15, -0.1) is 0 Å². The van der Waals surface area contributed by atoms with Crippen LogP contribution in [0.3, 0.4) is 0 Å². The lowest BCUT2D eigenvalue weighted by atomic mass is 10.2. The van der Waals surface area contributed by atoms with Crippen LogP contribution in [0.5, 0.6) is 0 Å². The van der Waals surface area contributed by atoms with Gasteiger partial charge in [-0.05, 0) is 34.1 Å². The normalized spacial score (nSPS) is 12.2. The Balaban J connectivity index is 2.89. The van der Waals surface area contributed by atoms with Gasteiger partial charge in [0.1, 0.15) is 11.9 Å². The first-order chi connectivity index (χ1) is 9.46. The van der Waals surface area contributed by atoms with Crippen molar-refractivity contribution in [2.24, 2.45) is 0 Å². The molecule has 0 aromatic carbocycles. The molecule has 114 valence electrons. The summed E-state index contributed by atoms with van der Waals surface area (Å²) in [6, 6.07) is -0.316. The minimum atomic E-state index is -0.316. The third-order valence-electron chi connectivity index (χ3n) is 3.41. The molecule has 6 nitrogen and oxygen atoms in total. The van der Waals surface area contributed by atoms with Crippen LogP contribution in [0.4, 0.5) is 11.5 Å². The number of aromatic nitrogens is 2. The summed E-state index contributed by atoms with van der Waals surface area (Å²) < 4.78 is 1.84. The SMILES string of the molecule is CCCn1nc(C)c(N)c1NC(C)C(=O)N(CC)CC. The van der Waals surface area contributed by atoms with Crippen molar-refractivity contribution in [2.75, 3.05) is 24.1 Å². The highest BCUT2D eigenvalue weighted by molar-refractivity contribution is 5.85. The summed E-state index contributed by atoms with van der Waals surface area (Å²) in [5.41, 5.74) is 7.47. The summed E-state index contributed by atoms with van der Waals surface area (Å²) in [6.07, 6.45) is 0.966. The monoisotopic (exact) mass is 281 g/mol. The van der Waals surface area contributed by atoms with Crippen molar-refractivity contribution in [1.29, 1.82) is 0 Å². The molecule has 0 radical (unpaired) electrons. The molecule has 0 bridgehead atoms. The largest absolute Gasteiger partial charge is 0.394 e. The van der Waals surface area contributed by atoms with Crippen LogP contribution in [0.25, 0.3) is 0 Å². The van der Waals surface area contributed by atoms with E-state index < -0.39 is 0 Å². The van der Waals surface area contributed by atoms with E-state index in [0.717, 1.165) is 24.5 Å². The summed E-state index contributed by atoms with van der Waals surface area (Å²) in [5, 5.41) is 7.62. The third-order valence-corrected chi connectivity index (χ3v) is 3.41. The molecule has 0 saturated carbocycles. The zero-order chi connectivity index (χ0) is 15.3. The van der Waals surface area contributed by atoms with Crippen molar-refractivity contribution in [3.05, 3.63) is 5.69 Å². The highest BCUT2D eigenvalue weighted by Gasteiger charge is 2.21. The number of hydrogen-bond donors (Lipinski definition) is 2. The number of carbonyl (C=O) groups excluding carboxylic acids is 1. The zero-order valence-electron chi connectivity index (χ0n) is 13.2. The van der Waals surface area contributed by atoms with Gasteiger partial charge in [0, 0.05) is 19.6 Å². The van der Waals surface area contributed by atoms with Gasteiger partial charge in [-0.1, -0.05) is 6.92 Å². The molecule has 0 saturated heterocycles. The second-order valence-electron chi connectivity index (χ2n) is 4.95. The van der Waals surface area contributed by atoms with Crippen LogP contribution in [0.2, 0.25) is 0 Å². The molecule has 1 heterocycles. The van der Waals surface area contributed by atoms with Crippen LogP contribution in [0.15, 0.2) is 0 Å². The van der Waals surface area contributed by atoms with Gasteiger partial charge in [0.05, 0.1) is 11.4 Å². The Bertz CT molecular complexity index is 451. The van der Waals surface area contributed by atoms with Crippen LogP contribution in [-0.2, 0) is 11.3 Å². The fraction of sp³-hybridized carbons (Fsp3) is 0.714. The lowest BCUT2D eigenvalue weighted by molar-refractivity contribution is -0.131. The summed E-state index contributed by atoms with van der Waals surface area (Å²) in [6.45, 7) is 12.0. The molecule has 3 N–H and O–H groups in total. The predicted molar refractivity (Wildman–Crippen MR) is 82.7 cm³/mol. The van der Waals surface area contributed by atoms with Crippen molar-refractivity contribution in [3.63, 3.8) is 0 Å². The second kappa shape index (κ2) is 7.17. The number of aryl methyl sites for hydroxylation is 2. The van der Waals surface area contributed by atoms with Gasteiger partial charge in [-0.3, -0.25) is 4.79 Å². The van der Waals surface area contributed by atoms with Crippen molar-refractivity contribution in [1.82, 2.24) is 14.7 Å². The Hall–Kier alpha value is -1.72. The first-order valence-electron chi connectivity index (χ1n) is 7.34. The van der Waals surface area contributed by atoms with E-state index in [2.05, 4.69) is 17.3 Å². The number of likely N-dealkylation sites (N-methyl/N-ethyl adjacent to an activating group) is 1. The molecule has 1 aromatic rings. The summed E-state index contributed by atoms with van der Waals surface area (Å²) >= 11 is 0. The number of rotatable bonds is 7. The smallest absolute Gasteiger partial charge is 0.244 e. The van der Waals surface area contributed by atoms with E-state index in [9.17, 15) is 4.79 Å². The summed E-state index contributed by atoms with van der Waals surface area (Å²) in [5.74, 6) is 0.827. The third kappa shape index (κ3) is 3.43. The maximum atomic E-state index is 12.3.